The van der Waals surface area contributed by atoms with E-state index in [2.05, 4.69) is 95.4 Å². The summed E-state index contributed by atoms with van der Waals surface area (Å²) >= 11 is 7.07. The quantitative estimate of drug-likeness (QED) is 0.0424. The molecule has 0 spiro atoms. The van der Waals surface area contributed by atoms with E-state index in [4.69, 9.17) is 9.47 Å². The van der Waals surface area contributed by atoms with Crippen molar-refractivity contribution in [1.29, 1.82) is 10.5 Å². The molecule has 0 bridgehead atoms. The number of hydrogen-bond donors (Lipinski definition) is 0. The van der Waals surface area contributed by atoms with E-state index in [-0.39, 0.29) is 0 Å². The number of rotatable bonds is 38. The molecule has 0 N–H and O–H groups in total. The summed E-state index contributed by atoms with van der Waals surface area (Å²) in [5.41, 5.74) is 3.84. The predicted octanol–water partition coefficient (Wildman–Crippen LogP) is 20.3. The second kappa shape index (κ2) is 39.9. The molecule has 0 aliphatic carbocycles. The van der Waals surface area contributed by atoms with Crippen molar-refractivity contribution in [2.24, 2.45) is 11.8 Å². The molecule has 70 heavy (non-hydrogen) atoms. The number of hydrogen-bond acceptors (Lipinski definition) is 4. The molecule has 0 radical (unpaired) electrons. The van der Waals surface area contributed by atoms with Crippen LogP contribution in [-0.4, -0.2) is 13.2 Å². The zero-order chi connectivity index (χ0) is 50.3. The van der Waals surface area contributed by atoms with Crippen LogP contribution in [0.5, 0.6) is 11.5 Å². The third-order valence-corrected chi connectivity index (χ3v) is 14.7. The number of halogens is 2. The molecule has 2 unspecified atom stereocenters. The fourth-order valence-corrected chi connectivity index (χ4v) is 10.0. The molecule has 2 atom stereocenters. The van der Waals surface area contributed by atoms with Crippen molar-refractivity contribution in [3.05, 3.63) is 90.9 Å². The lowest BCUT2D eigenvalue weighted by atomic mass is 9.94. The zero-order valence-electron chi connectivity index (χ0n) is 44.3. The Balaban J connectivity index is 2.04. The van der Waals surface area contributed by atoms with Crippen molar-refractivity contribution in [1.82, 2.24) is 0 Å². The van der Waals surface area contributed by atoms with Gasteiger partial charge in [0, 0.05) is 32.2 Å². The molecular weight excluding hydrogens is 989 g/mol. The second-order valence-electron chi connectivity index (χ2n) is 19.9. The van der Waals surface area contributed by atoms with E-state index in [0.29, 0.717) is 58.8 Å². The average molecular weight is 1080 g/mol. The first-order chi connectivity index (χ1) is 34.3. The van der Waals surface area contributed by atoms with Crippen LogP contribution >= 0.6 is 31.9 Å². The van der Waals surface area contributed by atoms with E-state index in [1.165, 1.54) is 180 Å². The fraction of sp³-hybridized carbons (Fsp3) is 0.625. The van der Waals surface area contributed by atoms with Crippen LogP contribution < -0.4 is 9.47 Å². The van der Waals surface area contributed by atoms with Crippen LogP contribution in [0.4, 0.5) is 0 Å². The molecular formula is C64H90Br2N2O2. The standard InChI is InChI=1S/C64H90Br2N2O2/c1-5-9-13-17-21-23-27-31-35-53(33-29-25-19-15-11-7-3)51-69-63-47-58(40-38-56-42-44-62(66)46-60(56)50-68)64(48-57(63)39-37-55-41-43-61(65)45-59(55)49-67)70-52-54(34-30-26-20-16-12-8-4)36-32-28-24-22-18-14-10-6-2/h41-48,53-54H,5-36,51-52H2,1-4H3. The summed E-state index contributed by atoms with van der Waals surface area (Å²) in [6, 6.07) is 20.0. The zero-order valence-corrected chi connectivity index (χ0v) is 47.5. The number of ether oxygens (including phenoxy) is 2. The van der Waals surface area contributed by atoms with Gasteiger partial charge in [-0.2, -0.15) is 10.5 Å². The summed E-state index contributed by atoms with van der Waals surface area (Å²) in [6.07, 6.45) is 40.9. The van der Waals surface area contributed by atoms with Crippen LogP contribution in [0.15, 0.2) is 57.5 Å². The van der Waals surface area contributed by atoms with Gasteiger partial charge in [0.15, 0.2) is 0 Å². The lowest BCUT2D eigenvalue weighted by Gasteiger charge is -2.21. The van der Waals surface area contributed by atoms with Crippen LogP contribution in [0.1, 0.15) is 267 Å². The van der Waals surface area contributed by atoms with Crippen molar-refractivity contribution in [2.75, 3.05) is 13.2 Å². The lowest BCUT2D eigenvalue weighted by Crippen LogP contribution is -2.15. The van der Waals surface area contributed by atoms with Gasteiger partial charge in [-0.05, 0) is 73.9 Å². The van der Waals surface area contributed by atoms with Gasteiger partial charge < -0.3 is 9.47 Å². The maximum absolute atomic E-state index is 10.1. The number of nitriles is 2. The Hall–Kier alpha value is -3.68. The summed E-state index contributed by atoms with van der Waals surface area (Å²) in [7, 11) is 0. The fourth-order valence-electron chi connectivity index (χ4n) is 9.30. The van der Waals surface area contributed by atoms with Crippen molar-refractivity contribution >= 4 is 31.9 Å². The van der Waals surface area contributed by atoms with Gasteiger partial charge >= 0.3 is 0 Å². The molecule has 0 heterocycles. The molecule has 3 aromatic rings. The molecule has 4 nitrogen and oxygen atoms in total. The van der Waals surface area contributed by atoms with Crippen LogP contribution in [0.3, 0.4) is 0 Å². The van der Waals surface area contributed by atoms with Crippen LogP contribution in [0.25, 0.3) is 0 Å². The van der Waals surface area contributed by atoms with E-state index in [9.17, 15) is 10.5 Å². The van der Waals surface area contributed by atoms with Gasteiger partial charge in [0.25, 0.3) is 0 Å². The van der Waals surface area contributed by atoms with E-state index in [1.54, 1.807) is 0 Å². The van der Waals surface area contributed by atoms with E-state index >= 15 is 0 Å². The topological polar surface area (TPSA) is 66.0 Å². The highest BCUT2D eigenvalue weighted by Gasteiger charge is 2.17. The van der Waals surface area contributed by atoms with Gasteiger partial charge in [0.05, 0.1) is 35.5 Å². The highest BCUT2D eigenvalue weighted by molar-refractivity contribution is 9.10. The van der Waals surface area contributed by atoms with Crippen molar-refractivity contribution in [3.8, 4) is 47.3 Å². The van der Waals surface area contributed by atoms with Crippen LogP contribution in [0.2, 0.25) is 0 Å². The predicted molar refractivity (Wildman–Crippen MR) is 305 cm³/mol. The average Bonchev–Trinajstić information content (AvgIpc) is 3.37. The highest BCUT2D eigenvalue weighted by Crippen LogP contribution is 2.32. The smallest absolute Gasteiger partial charge is 0.136 e. The normalized spacial score (nSPS) is 11.7. The first-order valence-corrected chi connectivity index (χ1v) is 29.8. The van der Waals surface area contributed by atoms with Gasteiger partial charge in [-0.25, -0.2) is 0 Å². The molecule has 0 fully saturated rings. The first-order valence-electron chi connectivity index (χ1n) is 28.2. The highest BCUT2D eigenvalue weighted by atomic mass is 79.9. The molecule has 3 rings (SSSR count). The Bertz CT molecular complexity index is 1940. The van der Waals surface area contributed by atoms with Gasteiger partial charge in [0.2, 0.25) is 0 Å². The second-order valence-corrected chi connectivity index (χ2v) is 21.8. The number of nitrogens with zero attached hydrogens (tertiary/aromatic N) is 2. The third kappa shape index (κ3) is 26.7. The largest absolute Gasteiger partial charge is 0.492 e. The van der Waals surface area contributed by atoms with Gasteiger partial charge in [-0.3, -0.25) is 0 Å². The molecule has 0 aromatic heterocycles. The molecule has 3 aromatic carbocycles. The first kappa shape index (κ1) is 60.6. The summed E-state index contributed by atoms with van der Waals surface area (Å²) in [5.74, 6) is 15.9. The Labute approximate surface area is 445 Å². The van der Waals surface area contributed by atoms with Crippen molar-refractivity contribution in [2.45, 2.75) is 233 Å². The Kier molecular flexibility index (Phi) is 34.5. The van der Waals surface area contributed by atoms with E-state index in [1.807, 2.05) is 48.5 Å². The number of benzene rings is 3. The van der Waals surface area contributed by atoms with Crippen molar-refractivity contribution in [3.63, 3.8) is 0 Å². The van der Waals surface area contributed by atoms with Crippen molar-refractivity contribution < 1.29 is 9.47 Å². The molecule has 0 saturated heterocycles. The minimum Gasteiger partial charge on any atom is -0.492 e. The molecule has 0 aliphatic rings. The van der Waals surface area contributed by atoms with E-state index in [0.717, 1.165) is 45.8 Å². The minimum absolute atomic E-state index is 0.439. The summed E-state index contributed by atoms with van der Waals surface area (Å²) < 4.78 is 15.6. The molecule has 382 valence electrons. The van der Waals surface area contributed by atoms with Crippen LogP contribution in [-0.2, 0) is 0 Å². The van der Waals surface area contributed by atoms with Gasteiger partial charge in [-0.1, -0.05) is 263 Å². The van der Waals surface area contributed by atoms with Gasteiger partial charge in [0.1, 0.15) is 23.6 Å². The minimum atomic E-state index is 0.439. The molecule has 0 amide bonds. The SMILES string of the molecule is CCCCCCCCCCC(CCCCCCCC)COc1cc(C#Cc2ccc(Br)cc2C#N)c(OCC(CCCCCCCC)CCCCCCCCCC)cc1C#Cc1ccc(Br)cc1C#N. The molecule has 6 heteroatoms. The Morgan fingerprint density at radius 1 is 0.357 bits per heavy atom. The maximum atomic E-state index is 10.1. The maximum Gasteiger partial charge on any atom is 0.136 e. The molecule has 0 saturated carbocycles. The summed E-state index contributed by atoms with van der Waals surface area (Å²) in [4.78, 5) is 0. The Morgan fingerprint density at radius 3 is 0.914 bits per heavy atom. The third-order valence-electron chi connectivity index (χ3n) is 13.8. The monoisotopic (exact) mass is 1080 g/mol. The Morgan fingerprint density at radius 2 is 0.629 bits per heavy atom. The summed E-state index contributed by atoms with van der Waals surface area (Å²) in [5, 5.41) is 20.1. The van der Waals surface area contributed by atoms with Crippen LogP contribution in [0, 0.1) is 58.2 Å². The van der Waals surface area contributed by atoms with Gasteiger partial charge in [-0.15, -0.1) is 0 Å². The summed E-state index contributed by atoms with van der Waals surface area (Å²) in [6.45, 7) is 10.4. The molecule has 0 aliphatic heterocycles. The lowest BCUT2D eigenvalue weighted by molar-refractivity contribution is 0.218. The van der Waals surface area contributed by atoms with E-state index < -0.39 is 0 Å². The number of unbranched alkanes of at least 4 members (excludes halogenated alkanes) is 24.